The normalized spacial score (nSPS) is 12.7. The van der Waals surface area contributed by atoms with Crippen molar-refractivity contribution in [3.8, 4) is 11.5 Å². The van der Waals surface area contributed by atoms with Gasteiger partial charge in [-0.2, -0.15) is 5.10 Å². The maximum absolute atomic E-state index is 12.7. The van der Waals surface area contributed by atoms with Crippen LogP contribution in [0.2, 0.25) is 0 Å². The molecule has 0 unspecified atom stereocenters. The summed E-state index contributed by atoms with van der Waals surface area (Å²) in [7, 11) is 0. The van der Waals surface area contributed by atoms with Crippen LogP contribution in [-0.4, -0.2) is 16.6 Å². The zero-order valence-electron chi connectivity index (χ0n) is 14.2. The van der Waals surface area contributed by atoms with E-state index in [0.717, 1.165) is 46.4 Å². The molecular weight excluding hydrogens is 316 g/mol. The van der Waals surface area contributed by atoms with Gasteiger partial charge in [0, 0.05) is 18.4 Å². The minimum absolute atomic E-state index is 0.0153. The predicted molar refractivity (Wildman–Crippen MR) is 96.3 cm³/mol. The van der Waals surface area contributed by atoms with Crippen molar-refractivity contribution in [3.05, 3.63) is 64.1 Å². The van der Waals surface area contributed by atoms with Crippen LogP contribution in [0.25, 0.3) is 10.8 Å². The molecule has 0 amide bonds. The average molecular weight is 336 g/mol. The molecule has 3 aromatic rings. The Kier molecular flexibility index (Phi) is 4.14. The molecule has 1 aliphatic rings. The van der Waals surface area contributed by atoms with Gasteiger partial charge in [0.2, 0.25) is 6.79 Å². The van der Waals surface area contributed by atoms with Gasteiger partial charge in [-0.25, -0.2) is 4.68 Å². The van der Waals surface area contributed by atoms with Crippen LogP contribution in [0.4, 0.5) is 0 Å². The molecule has 2 aromatic carbocycles. The Bertz CT molecular complexity index is 978. The highest BCUT2D eigenvalue weighted by atomic mass is 16.7. The van der Waals surface area contributed by atoms with Gasteiger partial charge in [-0.1, -0.05) is 37.6 Å². The van der Waals surface area contributed by atoms with E-state index in [-0.39, 0.29) is 12.4 Å². The summed E-state index contributed by atoms with van der Waals surface area (Å²) in [5, 5.41) is 6.30. The first-order valence-corrected chi connectivity index (χ1v) is 8.63. The molecule has 0 bridgehead atoms. The molecule has 0 N–H and O–H groups in total. The molecule has 128 valence electrons. The number of aryl methyl sites for hydroxylation is 1. The van der Waals surface area contributed by atoms with Gasteiger partial charge in [0.25, 0.3) is 5.56 Å². The Morgan fingerprint density at radius 3 is 2.72 bits per heavy atom. The first kappa shape index (κ1) is 15.7. The molecule has 0 saturated heterocycles. The molecule has 2 heterocycles. The molecule has 4 rings (SSSR count). The van der Waals surface area contributed by atoms with Gasteiger partial charge < -0.3 is 9.47 Å². The van der Waals surface area contributed by atoms with Crippen molar-refractivity contribution in [2.75, 3.05) is 6.79 Å². The van der Waals surface area contributed by atoms with Crippen molar-refractivity contribution in [2.24, 2.45) is 0 Å². The molecule has 5 heteroatoms. The molecule has 0 saturated carbocycles. The van der Waals surface area contributed by atoms with Crippen LogP contribution >= 0.6 is 0 Å². The zero-order valence-corrected chi connectivity index (χ0v) is 14.2. The highest BCUT2D eigenvalue weighted by Crippen LogP contribution is 2.33. The van der Waals surface area contributed by atoms with Crippen LogP contribution < -0.4 is 15.0 Å². The van der Waals surface area contributed by atoms with Crippen LogP contribution in [0.15, 0.2) is 47.3 Å². The van der Waals surface area contributed by atoms with Gasteiger partial charge in [0.15, 0.2) is 11.5 Å². The molecule has 0 atom stereocenters. The second kappa shape index (κ2) is 6.59. The zero-order chi connectivity index (χ0) is 17.2. The molecule has 1 aromatic heterocycles. The van der Waals surface area contributed by atoms with Crippen molar-refractivity contribution in [1.29, 1.82) is 0 Å². The van der Waals surface area contributed by atoms with Gasteiger partial charge in [-0.15, -0.1) is 0 Å². The summed E-state index contributed by atoms with van der Waals surface area (Å²) in [4.78, 5) is 12.7. The number of hydrogen-bond acceptors (Lipinski definition) is 4. The van der Waals surface area contributed by atoms with E-state index in [1.807, 2.05) is 42.5 Å². The van der Waals surface area contributed by atoms with E-state index in [1.165, 1.54) is 0 Å². The fraction of sp³-hybridized carbons (Fsp3) is 0.300. The lowest BCUT2D eigenvalue weighted by molar-refractivity contribution is 0.174. The Morgan fingerprint density at radius 1 is 1.08 bits per heavy atom. The second-order valence-electron chi connectivity index (χ2n) is 6.24. The molecule has 0 aliphatic carbocycles. The SMILES string of the molecule is CCCCn1nc(Cc2ccc3c(c2)OCO3)c2ccccc2c1=O. The number of ether oxygens (including phenoxy) is 2. The molecule has 1 aliphatic heterocycles. The molecular formula is C20H20N2O3. The Morgan fingerprint density at radius 2 is 1.88 bits per heavy atom. The van der Waals surface area contributed by atoms with Crippen molar-refractivity contribution in [3.63, 3.8) is 0 Å². The van der Waals surface area contributed by atoms with Crippen molar-refractivity contribution < 1.29 is 9.47 Å². The van der Waals surface area contributed by atoms with E-state index in [2.05, 4.69) is 12.0 Å². The van der Waals surface area contributed by atoms with Crippen LogP contribution in [0.5, 0.6) is 11.5 Å². The molecule has 0 fully saturated rings. The first-order valence-electron chi connectivity index (χ1n) is 8.63. The highest BCUT2D eigenvalue weighted by Gasteiger charge is 2.15. The molecule has 0 radical (unpaired) electrons. The summed E-state index contributed by atoms with van der Waals surface area (Å²) in [6.45, 7) is 3.02. The Balaban J connectivity index is 1.77. The third kappa shape index (κ3) is 2.97. The third-order valence-corrected chi connectivity index (χ3v) is 4.48. The number of unbranched alkanes of at least 4 members (excludes halogenated alkanes) is 1. The van der Waals surface area contributed by atoms with E-state index in [9.17, 15) is 4.79 Å². The van der Waals surface area contributed by atoms with E-state index in [4.69, 9.17) is 9.47 Å². The van der Waals surface area contributed by atoms with Crippen LogP contribution in [0.1, 0.15) is 31.0 Å². The average Bonchev–Trinajstić information content (AvgIpc) is 3.11. The van der Waals surface area contributed by atoms with Gasteiger partial charge in [-0.3, -0.25) is 4.79 Å². The maximum Gasteiger partial charge on any atom is 0.274 e. The minimum atomic E-state index is -0.0153. The summed E-state index contributed by atoms with van der Waals surface area (Å²) in [5.41, 5.74) is 1.98. The lowest BCUT2D eigenvalue weighted by Crippen LogP contribution is -2.24. The maximum atomic E-state index is 12.7. The number of benzene rings is 2. The summed E-state index contributed by atoms with van der Waals surface area (Å²) >= 11 is 0. The monoisotopic (exact) mass is 336 g/mol. The molecule has 0 spiro atoms. The Labute approximate surface area is 145 Å². The van der Waals surface area contributed by atoms with Crippen molar-refractivity contribution >= 4 is 10.8 Å². The number of nitrogens with zero attached hydrogens (tertiary/aromatic N) is 2. The minimum Gasteiger partial charge on any atom is -0.454 e. The van der Waals surface area contributed by atoms with Crippen LogP contribution in [0, 0.1) is 0 Å². The lowest BCUT2D eigenvalue weighted by Gasteiger charge is -2.11. The largest absolute Gasteiger partial charge is 0.454 e. The highest BCUT2D eigenvalue weighted by molar-refractivity contribution is 5.83. The lowest BCUT2D eigenvalue weighted by atomic mass is 10.0. The number of rotatable bonds is 5. The van der Waals surface area contributed by atoms with E-state index in [0.29, 0.717) is 13.0 Å². The topological polar surface area (TPSA) is 53.4 Å². The van der Waals surface area contributed by atoms with Crippen molar-refractivity contribution in [2.45, 2.75) is 32.7 Å². The van der Waals surface area contributed by atoms with Gasteiger partial charge in [-0.05, 0) is 30.2 Å². The molecule has 25 heavy (non-hydrogen) atoms. The second-order valence-corrected chi connectivity index (χ2v) is 6.24. The molecule has 5 nitrogen and oxygen atoms in total. The fourth-order valence-corrected chi connectivity index (χ4v) is 3.14. The summed E-state index contributed by atoms with van der Waals surface area (Å²) in [6.07, 6.45) is 2.61. The summed E-state index contributed by atoms with van der Waals surface area (Å²) < 4.78 is 12.4. The standard InChI is InChI=1S/C20H20N2O3/c1-2-3-10-22-20(23)16-7-5-4-6-15(16)17(21-22)11-14-8-9-18-19(12-14)25-13-24-18/h4-9,12H,2-3,10-11,13H2,1H3. The van der Waals surface area contributed by atoms with E-state index in [1.54, 1.807) is 4.68 Å². The fourth-order valence-electron chi connectivity index (χ4n) is 3.14. The van der Waals surface area contributed by atoms with E-state index < -0.39 is 0 Å². The third-order valence-electron chi connectivity index (χ3n) is 4.48. The summed E-state index contributed by atoms with van der Waals surface area (Å²) in [6, 6.07) is 13.6. The Hall–Kier alpha value is -2.82. The number of hydrogen-bond donors (Lipinski definition) is 0. The van der Waals surface area contributed by atoms with E-state index >= 15 is 0 Å². The van der Waals surface area contributed by atoms with Crippen molar-refractivity contribution in [1.82, 2.24) is 9.78 Å². The van der Waals surface area contributed by atoms with Crippen LogP contribution in [-0.2, 0) is 13.0 Å². The van der Waals surface area contributed by atoms with Crippen LogP contribution in [0.3, 0.4) is 0 Å². The first-order chi connectivity index (χ1) is 12.3. The summed E-state index contributed by atoms with van der Waals surface area (Å²) in [5.74, 6) is 1.54. The smallest absolute Gasteiger partial charge is 0.274 e. The van der Waals surface area contributed by atoms with Gasteiger partial charge in [0.1, 0.15) is 0 Å². The number of fused-ring (bicyclic) bond motifs is 2. The quantitative estimate of drug-likeness (QED) is 0.715. The van der Waals surface area contributed by atoms with Gasteiger partial charge >= 0.3 is 0 Å². The number of aromatic nitrogens is 2. The predicted octanol–water partition coefficient (Wildman–Crippen LogP) is 3.52. The van der Waals surface area contributed by atoms with Gasteiger partial charge in [0.05, 0.1) is 11.1 Å².